The van der Waals surface area contributed by atoms with Crippen LogP contribution in [0.4, 0.5) is 26.2 Å². The number of nitrogens with one attached hydrogen (secondary N) is 2. The topological polar surface area (TPSA) is 108 Å². The van der Waals surface area contributed by atoms with Crippen LogP contribution in [0.2, 0.25) is 5.02 Å². The largest absolute Gasteiger partial charge is 0.352 e. The van der Waals surface area contributed by atoms with E-state index in [4.69, 9.17) is 11.6 Å². The molecule has 2 aliphatic heterocycles. The monoisotopic (exact) mass is 616 g/mol. The predicted octanol–water partition coefficient (Wildman–Crippen LogP) is 3.91. The van der Waals surface area contributed by atoms with Crippen LogP contribution in [0.3, 0.4) is 0 Å². The van der Waals surface area contributed by atoms with Gasteiger partial charge in [-0.3, -0.25) is 4.90 Å². The molecule has 0 aliphatic carbocycles. The fraction of sp³-hybridized carbons (Fsp3) is 0.393. The van der Waals surface area contributed by atoms with Crippen molar-refractivity contribution in [2.45, 2.75) is 32.5 Å². The van der Waals surface area contributed by atoms with Crippen LogP contribution < -0.4 is 15.5 Å². The first kappa shape index (κ1) is 28.7. The van der Waals surface area contributed by atoms with E-state index in [0.29, 0.717) is 39.6 Å². The molecule has 4 aromatic rings. The van der Waals surface area contributed by atoms with Crippen LogP contribution in [-0.4, -0.2) is 82.6 Å². The molecular formula is C28H31ClF2N8O2S. The van der Waals surface area contributed by atoms with E-state index >= 15 is 8.78 Å². The van der Waals surface area contributed by atoms with Gasteiger partial charge < -0.3 is 20.1 Å². The third-order valence-electron chi connectivity index (χ3n) is 7.58. The highest BCUT2D eigenvalue weighted by molar-refractivity contribution is 7.91. The predicted molar refractivity (Wildman–Crippen MR) is 160 cm³/mol. The molecule has 0 saturated carbocycles. The van der Waals surface area contributed by atoms with Gasteiger partial charge in [0.25, 0.3) is 0 Å². The Morgan fingerprint density at radius 2 is 1.74 bits per heavy atom. The Kier molecular flexibility index (Phi) is 7.77. The minimum Gasteiger partial charge on any atom is -0.352 e. The van der Waals surface area contributed by atoms with Crippen LogP contribution in [0.5, 0.6) is 0 Å². The standard InChI is InChI=1S/C28H31ClF2N8O2S/c1-17-14-38(15-18(2)34-17)27-23(29)9-20(13-32-27)35-28-33-12-19-3-4-39(26(19)36-28)21-10-24(30)22(25(31)11-21)16-37-5-7-42(40,41)8-6-37/h3-4,9-13,17-18,34H,5-8,14-16H2,1-2H3,(H,33,35,36)/t17-,18+. The first-order chi connectivity index (χ1) is 20.0. The van der Waals surface area contributed by atoms with Gasteiger partial charge in [-0.05, 0) is 38.1 Å². The van der Waals surface area contributed by atoms with Crippen molar-refractivity contribution < 1.29 is 17.2 Å². The van der Waals surface area contributed by atoms with E-state index in [1.165, 1.54) is 12.1 Å². The zero-order chi connectivity index (χ0) is 29.6. The van der Waals surface area contributed by atoms with Crippen molar-refractivity contribution in [1.82, 2.24) is 29.7 Å². The Balaban J connectivity index is 1.22. The summed E-state index contributed by atoms with van der Waals surface area (Å²) in [6.45, 7) is 6.33. The maximum absolute atomic E-state index is 15.2. The van der Waals surface area contributed by atoms with Crippen molar-refractivity contribution >= 4 is 49.9 Å². The smallest absolute Gasteiger partial charge is 0.229 e. The summed E-state index contributed by atoms with van der Waals surface area (Å²) in [4.78, 5) is 17.5. The molecule has 2 aliphatic rings. The van der Waals surface area contributed by atoms with E-state index in [1.54, 1.807) is 40.2 Å². The summed E-state index contributed by atoms with van der Waals surface area (Å²) >= 11 is 6.61. The Hall–Kier alpha value is -3.39. The van der Waals surface area contributed by atoms with Gasteiger partial charge in [0.05, 0.1) is 34.1 Å². The number of nitrogens with zero attached hydrogens (tertiary/aromatic N) is 6. The van der Waals surface area contributed by atoms with E-state index in [2.05, 4.69) is 44.3 Å². The number of benzene rings is 1. The van der Waals surface area contributed by atoms with E-state index in [-0.39, 0.29) is 48.3 Å². The SMILES string of the molecule is C[C@@H]1CN(c2ncc(Nc3ncc4ccn(-c5cc(F)c(CN6CCS(=O)(=O)CC6)c(F)c5)c4n3)cc2Cl)C[C@H](C)N1. The van der Waals surface area contributed by atoms with E-state index in [0.717, 1.165) is 13.1 Å². The Labute approximate surface area is 247 Å². The third kappa shape index (κ3) is 6.05. The Morgan fingerprint density at radius 3 is 2.40 bits per heavy atom. The molecular weight excluding hydrogens is 586 g/mol. The van der Waals surface area contributed by atoms with Gasteiger partial charge in [-0.1, -0.05) is 11.6 Å². The summed E-state index contributed by atoms with van der Waals surface area (Å²) in [5.74, 6) is -0.453. The molecule has 2 fully saturated rings. The summed E-state index contributed by atoms with van der Waals surface area (Å²) in [6.07, 6.45) is 4.97. The first-order valence-electron chi connectivity index (χ1n) is 13.7. The molecule has 0 bridgehead atoms. The fourth-order valence-corrected chi connectivity index (χ4v) is 7.12. The van der Waals surface area contributed by atoms with Crippen molar-refractivity contribution in [2.75, 3.05) is 47.9 Å². The molecule has 0 spiro atoms. The second-order valence-corrected chi connectivity index (χ2v) is 13.7. The zero-order valence-electron chi connectivity index (χ0n) is 23.2. The lowest BCUT2D eigenvalue weighted by Gasteiger charge is -2.37. The van der Waals surface area contributed by atoms with Crippen molar-refractivity contribution in [3.63, 3.8) is 0 Å². The van der Waals surface area contributed by atoms with Gasteiger partial charge in [-0.25, -0.2) is 27.2 Å². The van der Waals surface area contributed by atoms with Crippen LogP contribution in [0.15, 0.2) is 42.9 Å². The van der Waals surface area contributed by atoms with Crippen molar-refractivity contribution in [1.29, 1.82) is 0 Å². The summed E-state index contributed by atoms with van der Waals surface area (Å²) in [5, 5.41) is 7.81. The zero-order valence-corrected chi connectivity index (χ0v) is 24.8. The molecule has 0 radical (unpaired) electrons. The maximum Gasteiger partial charge on any atom is 0.229 e. The minimum absolute atomic E-state index is 0.00177. The number of sulfone groups is 1. The number of fused-ring (bicyclic) bond motifs is 1. The summed E-state index contributed by atoms with van der Waals surface area (Å²) in [6, 6.07) is 6.68. The minimum atomic E-state index is -3.09. The highest BCUT2D eigenvalue weighted by atomic mass is 35.5. The molecule has 0 amide bonds. The van der Waals surface area contributed by atoms with E-state index in [9.17, 15) is 8.42 Å². The summed E-state index contributed by atoms with van der Waals surface area (Å²) in [5.41, 5.74) is 1.23. The molecule has 2 N–H and O–H groups in total. The van der Waals surface area contributed by atoms with Gasteiger partial charge in [-0.2, -0.15) is 4.98 Å². The lowest BCUT2D eigenvalue weighted by Crippen LogP contribution is -2.54. The first-order valence-corrected chi connectivity index (χ1v) is 15.9. The number of hydrogen-bond donors (Lipinski definition) is 2. The second-order valence-electron chi connectivity index (χ2n) is 11.0. The van der Waals surface area contributed by atoms with Crippen LogP contribution in [-0.2, 0) is 16.4 Å². The number of rotatable bonds is 6. The van der Waals surface area contributed by atoms with E-state index < -0.39 is 21.5 Å². The summed E-state index contributed by atoms with van der Waals surface area (Å²) < 4.78 is 55.3. The Morgan fingerprint density at radius 1 is 1.05 bits per heavy atom. The van der Waals surface area contributed by atoms with Crippen molar-refractivity contribution in [3.8, 4) is 5.69 Å². The van der Waals surface area contributed by atoms with Crippen molar-refractivity contribution in [3.05, 3.63) is 65.1 Å². The summed E-state index contributed by atoms with van der Waals surface area (Å²) in [7, 11) is -3.09. The lowest BCUT2D eigenvalue weighted by atomic mass is 10.1. The molecule has 42 heavy (non-hydrogen) atoms. The molecule has 5 heterocycles. The van der Waals surface area contributed by atoms with Crippen molar-refractivity contribution in [2.24, 2.45) is 0 Å². The number of piperazine rings is 1. The molecule has 14 heteroatoms. The molecule has 2 atom stereocenters. The molecule has 3 aromatic heterocycles. The number of pyridine rings is 1. The van der Waals surface area contributed by atoms with Gasteiger partial charge in [0.15, 0.2) is 9.84 Å². The molecule has 1 aromatic carbocycles. The lowest BCUT2D eigenvalue weighted by molar-refractivity contribution is 0.278. The quantitative estimate of drug-likeness (QED) is 0.333. The van der Waals surface area contributed by atoms with Gasteiger partial charge in [0.1, 0.15) is 23.1 Å². The number of hydrogen-bond acceptors (Lipinski definition) is 9. The average molecular weight is 617 g/mol. The molecule has 10 nitrogen and oxygen atoms in total. The highest BCUT2D eigenvalue weighted by Gasteiger charge is 2.25. The van der Waals surface area contributed by atoms with Gasteiger partial charge in [-0.15, -0.1) is 0 Å². The van der Waals surface area contributed by atoms with Crippen LogP contribution >= 0.6 is 11.6 Å². The third-order valence-corrected chi connectivity index (χ3v) is 9.47. The van der Waals surface area contributed by atoms with Gasteiger partial charge in [0.2, 0.25) is 5.95 Å². The normalized spacial score (nSPS) is 21.1. The maximum atomic E-state index is 15.2. The van der Waals surface area contributed by atoms with Crippen LogP contribution in [0, 0.1) is 11.6 Å². The average Bonchev–Trinajstić information content (AvgIpc) is 3.34. The Bertz CT molecular complexity index is 1700. The molecule has 222 valence electrons. The number of aromatic nitrogens is 4. The molecule has 2 saturated heterocycles. The van der Waals surface area contributed by atoms with Crippen LogP contribution in [0.25, 0.3) is 16.7 Å². The number of halogens is 3. The highest BCUT2D eigenvalue weighted by Crippen LogP contribution is 2.29. The fourth-order valence-electron chi connectivity index (χ4n) is 5.56. The van der Waals surface area contributed by atoms with Crippen LogP contribution in [0.1, 0.15) is 19.4 Å². The van der Waals surface area contributed by atoms with Gasteiger partial charge in [0, 0.05) is 68.2 Å². The number of anilines is 3. The second kappa shape index (κ2) is 11.4. The van der Waals surface area contributed by atoms with Gasteiger partial charge >= 0.3 is 0 Å². The molecule has 0 unspecified atom stereocenters. The van der Waals surface area contributed by atoms with E-state index in [1.807, 2.05) is 0 Å². The molecule has 6 rings (SSSR count).